The smallest absolute Gasteiger partial charge is 0.234 e. The average molecular weight is 418 g/mol. The molecule has 3 aliphatic rings. The molecule has 0 saturated carbocycles. The molecular weight excluding hydrogens is 392 g/mol. The molecule has 0 aromatic heterocycles. The van der Waals surface area contributed by atoms with Gasteiger partial charge in [0, 0.05) is 11.4 Å². The molecule has 2 bridgehead atoms. The monoisotopic (exact) mass is 418 g/mol. The summed E-state index contributed by atoms with van der Waals surface area (Å²) in [4.78, 5) is 28.4. The summed E-state index contributed by atoms with van der Waals surface area (Å²) in [7, 11) is 1.61. The van der Waals surface area contributed by atoms with Crippen molar-refractivity contribution in [1.82, 2.24) is 0 Å². The van der Waals surface area contributed by atoms with E-state index in [9.17, 15) is 9.59 Å². The van der Waals surface area contributed by atoms with Crippen LogP contribution in [0.5, 0.6) is 5.75 Å². The van der Waals surface area contributed by atoms with Gasteiger partial charge in [0.2, 0.25) is 11.8 Å². The molecule has 5 rings (SSSR count). The highest BCUT2D eigenvalue weighted by atomic mass is 16.5. The van der Waals surface area contributed by atoms with E-state index >= 15 is 0 Å². The third-order valence-electron chi connectivity index (χ3n) is 6.63. The molecule has 0 radical (unpaired) electrons. The first-order valence-corrected chi connectivity index (χ1v) is 10.7. The lowest BCUT2D eigenvalue weighted by Gasteiger charge is -2.23. The topological polar surface area (TPSA) is 67.9 Å². The van der Waals surface area contributed by atoms with Crippen LogP contribution in [0, 0.1) is 11.8 Å². The zero-order valence-corrected chi connectivity index (χ0v) is 17.9. The maximum absolute atomic E-state index is 13.4. The summed E-state index contributed by atoms with van der Waals surface area (Å²) >= 11 is 0. The van der Waals surface area contributed by atoms with Gasteiger partial charge in [0.25, 0.3) is 0 Å². The number of nitrogens with zero attached hydrogens (tertiary/aromatic N) is 1. The average Bonchev–Trinajstić information content (AvgIpc) is 3.42. The molecule has 6 nitrogen and oxygen atoms in total. The molecule has 0 unspecified atom stereocenters. The minimum atomic E-state index is -0.745. The highest BCUT2D eigenvalue weighted by Gasteiger charge is 2.67. The Kier molecular flexibility index (Phi) is 4.63. The number of nitrogens with one attached hydrogen (secondary N) is 1. The summed E-state index contributed by atoms with van der Waals surface area (Å²) in [6, 6.07) is 15.2. The summed E-state index contributed by atoms with van der Waals surface area (Å²) in [5.41, 5.74) is 1.97. The summed E-state index contributed by atoms with van der Waals surface area (Å²) < 4.78 is 11.4. The van der Waals surface area contributed by atoms with Gasteiger partial charge in [0.1, 0.15) is 11.4 Å². The maximum Gasteiger partial charge on any atom is 0.234 e. The summed E-state index contributed by atoms with van der Waals surface area (Å²) in [6.07, 6.45) is 3.51. The lowest BCUT2D eigenvalue weighted by atomic mass is 9.76. The number of rotatable bonds is 5. The number of ether oxygens (including phenoxy) is 2. The third kappa shape index (κ3) is 3.13. The van der Waals surface area contributed by atoms with E-state index < -0.39 is 17.4 Å². The molecule has 160 valence electrons. The van der Waals surface area contributed by atoms with Crippen LogP contribution in [0.1, 0.15) is 25.3 Å². The Bertz CT molecular complexity index is 1040. The Morgan fingerprint density at radius 1 is 1.16 bits per heavy atom. The van der Waals surface area contributed by atoms with Crippen LogP contribution in [-0.2, 0) is 14.3 Å². The fourth-order valence-electron chi connectivity index (χ4n) is 4.96. The predicted octanol–water partition coefficient (Wildman–Crippen LogP) is 3.74. The van der Waals surface area contributed by atoms with Gasteiger partial charge in [-0.2, -0.15) is 0 Å². The van der Waals surface area contributed by atoms with Crippen molar-refractivity contribution in [3.8, 4) is 5.75 Å². The molecule has 2 fully saturated rings. The number of anilines is 2. The van der Waals surface area contributed by atoms with Gasteiger partial charge in [0.15, 0.2) is 0 Å². The van der Waals surface area contributed by atoms with Gasteiger partial charge in [-0.3, -0.25) is 9.59 Å². The molecule has 3 heterocycles. The zero-order chi connectivity index (χ0) is 21.8. The van der Waals surface area contributed by atoms with Gasteiger partial charge >= 0.3 is 0 Å². The molecule has 2 saturated heterocycles. The highest BCUT2D eigenvalue weighted by molar-refractivity contribution is 6.05. The van der Waals surface area contributed by atoms with Crippen LogP contribution in [0.4, 0.5) is 11.4 Å². The van der Waals surface area contributed by atoms with Gasteiger partial charge in [-0.1, -0.05) is 38.1 Å². The first-order chi connectivity index (χ1) is 14.9. The number of benzene rings is 2. The standard InChI is InChI=1S/C25H26N2O4/c1-15(2)16-4-6-17(7-5-16)26-23(28)21-20-12-13-25(31-20)14-27(24(29)22(21)25)18-8-10-19(30-3)11-9-18/h4-13,15,20-22H,14H2,1-3H3,(H,26,28)/t20-,21-,22+,25-/m1/s1. The van der Waals surface area contributed by atoms with Crippen molar-refractivity contribution >= 4 is 23.2 Å². The van der Waals surface area contributed by atoms with Crippen LogP contribution < -0.4 is 15.0 Å². The summed E-state index contributed by atoms with van der Waals surface area (Å²) in [6.45, 7) is 4.67. The number of hydrogen-bond acceptors (Lipinski definition) is 4. The van der Waals surface area contributed by atoms with Crippen molar-refractivity contribution in [3.05, 3.63) is 66.2 Å². The van der Waals surface area contributed by atoms with Gasteiger partial charge in [-0.15, -0.1) is 0 Å². The quantitative estimate of drug-likeness (QED) is 0.751. The highest BCUT2D eigenvalue weighted by Crippen LogP contribution is 2.52. The fraction of sp³-hybridized carbons (Fsp3) is 0.360. The second kappa shape index (κ2) is 7.24. The minimum Gasteiger partial charge on any atom is -0.497 e. The first-order valence-electron chi connectivity index (χ1n) is 10.7. The van der Waals surface area contributed by atoms with E-state index in [2.05, 4.69) is 19.2 Å². The molecule has 6 heteroatoms. The molecule has 1 N–H and O–H groups in total. The van der Waals surface area contributed by atoms with Crippen molar-refractivity contribution in [2.75, 3.05) is 23.9 Å². The number of hydrogen-bond donors (Lipinski definition) is 1. The maximum atomic E-state index is 13.4. The van der Waals surface area contributed by atoms with E-state index in [0.717, 1.165) is 17.1 Å². The molecule has 0 aliphatic carbocycles. The van der Waals surface area contributed by atoms with Crippen molar-refractivity contribution in [3.63, 3.8) is 0 Å². The number of amides is 2. The van der Waals surface area contributed by atoms with Crippen LogP contribution in [-0.4, -0.2) is 37.2 Å². The van der Waals surface area contributed by atoms with E-state index in [1.807, 2.05) is 60.7 Å². The Balaban J connectivity index is 1.38. The van der Waals surface area contributed by atoms with Crippen LogP contribution >= 0.6 is 0 Å². The number of methoxy groups -OCH3 is 1. The van der Waals surface area contributed by atoms with Crippen LogP contribution in [0.15, 0.2) is 60.7 Å². The van der Waals surface area contributed by atoms with Gasteiger partial charge in [0.05, 0.1) is 31.6 Å². The van der Waals surface area contributed by atoms with Gasteiger partial charge < -0.3 is 19.7 Å². The molecule has 2 amide bonds. The predicted molar refractivity (Wildman–Crippen MR) is 118 cm³/mol. The summed E-state index contributed by atoms with van der Waals surface area (Å²) in [5, 5.41) is 2.99. The lowest BCUT2D eigenvalue weighted by Crippen LogP contribution is -2.41. The first kappa shape index (κ1) is 19.8. The third-order valence-corrected chi connectivity index (χ3v) is 6.63. The summed E-state index contributed by atoms with van der Waals surface area (Å²) in [5.74, 6) is -0.179. The molecular formula is C25H26N2O4. The fourth-order valence-corrected chi connectivity index (χ4v) is 4.96. The number of fused-ring (bicyclic) bond motifs is 1. The SMILES string of the molecule is COc1ccc(N2C[C@@]34C=C[C@@H](O3)[C@@H](C(=O)Nc3ccc(C(C)C)cc3)[C@H]4C2=O)cc1. The largest absolute Gasteiger partial charge is 0.497 e. The van der Waals surface area contributed by atoms with Crippen molar-refractivity contribution in [1.29, 1.82) is 0 Å². The second-order valence-electron chi connectivity index (χ2n) is 8.79. The zero-order valence-electron chi connectivity index (χ0n) is 17.9. The molecule has 2 aromatic carbocycles. The van der Waals surface area contributed by atoms with Crippen LogP contribution in [0.3, 0.4) is 0 Å². The molecule has 1 spiro atoms. The molecule has 31 heavy (non-hydrogen) atoms. The normalized spacial score (nSPS) is 28.3. The van der Waals surface area contributed by atoms with E-state index in [4.69, 9.17) is 9.47 Å². The molecule has 4 atom stereocenters. The minimum absolute atomic E-state index is 0.0766. The van der Waals surface area contributed by atoms with E-state index in [1.54, 1.807) is 12.0 Å². The van der Waals surface area contributed by atoms with Crippen LogP contribution in [0.25, 0.3) is 0 Å². The number of carbonyl (C=O) groups is 2. The Morgan fingerprint density at radius 3 is 2.52 bits per heavy atom. The number of carbonyl (C=O) groups excluding carboxylic acids is 2. The van der Waals surface area contributed by atoms with E-state index in [0.29, 0.717) is 12.5 Å². The van der Waals surface area contributed by atoms with Crippen LogP contribution in [0.2, 0.25) is 0 Å². The Morgan fingerprint density at radius 2 is 1.87 bits per heavy atom. The second-order valence-corrected chi connectivity index (χ2v) is 8.79. The van der Waals surface area contributed by atoms with Gasteiger partial charge in [-0.05, 0) is 47.9 Å². The Labute approximate surface area is 181 Å². The van der Waals surface area contributed by atoms with E-state index in [-0.39, 0.29) is 17.9 Å². The molecule has 3 aliphatic heterocycles. The van der Waals surface area contributed by atoms with Crippen molar-refractivity contribution < 1.29 is 19.1 Å². The van der Waals surface area contributed by atoms with Crippen molar-refractivity contribution in [2.24, 2.45) is 11.8 Å². The van der Waals surface area contributed by atoms with E-state index in [1.165, 1.54) is 5.56 Å². The lowest BCUT2D eigenvalue weighted by molar-refractivity contribution is -0.128. The Hall–Kier alpha value is -3.12. The molecule has 2 aromatic rings. The van der Waals surface area contributed by atoms with Gasteiger partial charge in [-0.25, -0.2) is 0 Å². The van der Waals surface area contributed by atoms with Crippen molar-refractivity contribution in [2.45, 2.75) is 31.5 Å².